The monoisotopic (exact) mass is 556 g/mol. The van der Waals surface area contributed by atoms with Crippen LogP contribution in [0.5, 0.6) is 0 Å². The van der Waals surface area contributed by atoms with E-state index in [0.717, 1.165) is 20.8 Å². The smallest absolute Gasteiger partial charge is 0.303 e. The number of hydrogen-bond donors (Lipinski definition) is 1. The van der Waals surface area contributed by atoms with Crippen LogP contribution in [-0.4, -0.2) is 83.8 Å². The van der Waals surface area contributed by atoms with Crippen molar-refractivity contribution < 1.29 is 57.5 Å². The lowest BCUT2D eigenvalue weighted by molar-refractivity contribution is -0.312. The van der Waals surface area contributed by atoms with Crippen LogP contribution in [0.15, 0.2) is 12.2 Å². The maximum absolute atomic E-state index is 12.1. The zero-order chi connectivity index (χ0) is 29.7. The number of Topliss-reactive ketones (excluding diaryl/α,β-unsaturated/α-hetero) is 1. The number of carbonyl (C=O) groups excluding carboxylic acids is 5. The van der Waals surface area contributed by atoms with Gasteiger partial charge in [-0.15, -0.1) is 0 Å². The molecule has 2 fully saturated rings. The third-order valence-electron chi connectivity index (χ3n) is 6.93. The highest BCUT2D eigenvalue weighted by molar-refractivity contribution is 5.81. The van der Waals surface area contributed by atoms with Crippen LogP contribution >= 0.6 is 0 Å². The summed E-state index contributed by atoms with van der Waals surface area (Å²) in [4.78, 5) is 59.4. The number of esters is 4. The van der Waals surface area contributed by atoms with Gasteiger partial charge in [-0.1, -0.05) is 32.9 Å². The molecule has 1 heterocycles. The molecule has 0 radical (unpaired) electrons. The Morgan fingerprint density at radius 2 is 1.51 bits per heavy atom. The quantitative estimate of drug-likeness (QED) is 0.249. The fraction of sp³-hybridized carbons (Fsp3) is 0.741. The number of rotatable bonds is 9. The van der Waals surface area contributed by atoms with Gasteiger partial charge in [-0.3, -0.25) is 24.0 Å². The molecule has 1 aliphatic carbocycles. The van der Waals surface area contributed by atoms with Gasteiger partial charge >= 0.3 is 23.9 Å². The molecule has 39 heavy (non-hydrogen) atoms. The van der Waals surface area contributed by atoms with Crippen molar-refractivity contribution in [3.8, 4) is 0 Å². The molecule has 8 atom stereocenters. The second-order valence-corrected chi connectivity index (χ2v) is 10.8. The topological polar surface area (TPSA) is 161 Å². The van der Waals surface area contributed by atoms with E-state index in [4.69, 9.17) is 28.4 Å². The van der Waals surface area contributed by atoms with E-state index in [1.807, 2.05) is 13.8 Å². The van der Waals surface area contributed by atoms with Crippen LogP contribution in [0, 0.1) is 11.3 Å². The van der Waals surface area contributed by atoms with Crippen molar-refractivity contribution in [2.45, 2.75) is 111 Å². The first-order chi connectivity index (χ1) is 18.0. The Hall–Kier alpha value is -2.83. The highest BCUT2D eigenvalue weighted by atomic mass is 16.7. The van der Waals surface area contributed by atoms with Crippen LogP contribution < -0.4 is 0 Å². The summed E-state index contributed by atoms with van der Waals surface area (Å²) in [6, 6.07) is 0. The SMILES string of the molecule is CC(=O)OCC1OC(OC(C)C=CC2(O)C(C)CC(=O)CC2(C)C)C(OC(C)=O)C(OC(C)=O)C1OC(C)=O. The van der Waals surface area contributed by atoms with Crippen molar-refractivity contribution in [1.29, 1.82) is 0 Å². The maximum atomic E-state index is 12.1. The lowest BCUT2D eigenvalue weighted by atomic mass is 9.60. The van der Waals surface area contributed by atoms with Crippen LogP contribution in [0.4, 0.5) is 0 Å². The summed E-state index contributed by atoms with van der Waals surface area (Å²) in [7, 11) is 0. The van der Waals surface area contributed by atoms with Gasteiger partial charge in [-0.05, 0) is 12.8 Å². The second kappa shape index (κ2) is 13.0. The summed E-state index contributed by atoms with van der Waals surface area (Å²) in [5, 5.41) is 11.5. The van der Waals surface area contributed by atoms with Crippen molar-refractivity contribution in [2.75, 3.05) is 6.61 Å². The predicted octanol–water partition coefficient (Wildman–Crippen LogP) is 1.79. The van der Waals surface area contributed by atoms with Crippen LogP contribution in [0.25, 0.3) is 0 Å². The third-order valence-corrected chi connectivity index (χ3v) is 6.93. The molecule has 220 valence electrons. The Kier molecular flexibility index (Phi) is 10.8. The Morgan fingerprint density at radius 3 is 2.03 bits per heavy atom. The average molecular weight is 557 g/mol. The van der Waals surface area contributed by atoms with E-state index in [1.165, 1.54) is 6.92 Å². The minimum Gasteiger partial charge on any atom is -0.463 e. The molecule has 0 aromatic heterocycles. The van der Waals surface area contributed by atoms with E-state index in [2.05, 4.69) is 0 Å². The molecular weight excluding hydrogens is 516 g/mol. The standard InChI is InChI=1S/C27H40O12/c1-14-11-20(32)12-26(7,8)27(14,33)10-9-15(2)35-25-24(38-19(6)31)23(37-18(5)30)22(36-17(4)29)21(39-25)13-34-16(3)28/h9-10,14-15,21-25,33H,11-13H2,1-8H3. The molecule has 0 amide bonds. The first-order valence-corrected chi connectivity index (χ1v) is 12.9. The van der Waals surface area contributed by atoms with Gasteiger partial charge in [-0.2, -0.15) is 0 Å². The average Bonchev–Trinajstić information content (AvgIpc) is 2.77. The molecule has 1 aliphatic heterocycles. The normalized spacial score (nSPS) is 33.2. The van der Waals surface area contributed by atoms with Crippen LogP contribution in [0.2, 0.25) is 0 Å². The summed E-state index contributed by atoms with van der Waals surface area (Å²) in [5.74, 6) is -3.12. The summed E-state index contributed by atoms with van der Waals surface area (Å²) >= 11 is 0. The van der Waals surface area contributed by atoms with E-state index in [9.17, 15) is 29.1 Å². The second-order valence-electron chi connectivity index (χ2n) is 10.8. The first kappa shape index (κ1) is 32.4. The molecule has 12 nitrogen and oxygen atoms in total. The van der Waals surface area contributed by atoms with Gasteiger partial charge in [0.15, 0.2) is 24.6 Å². The van der Waals surface area contributed by atoms with E-state index < -0.39 is 71.7 Å². The van der Waals surface area contributed by atoms with Crippen molar-refractivity contribution in [3.63, 3.8) is 0 Å². The fourth-order valence-corrected chi connectivity index (χ4v) is 5.10. The molecule has 0 aromatic carbocycles. The largest absolute Gasteiger partial charge is 0.463 e. The molecule has 12 heteroatoms. The van der Waals surface area contributed by atoms with Gasteiger partial charge in [0.1, 0.15) is 18.5 Å². The molecule has 1 N–H and O–H groups in total. The number of aliphatic hydroxyl groups is 1. The molecule has 0 bridgehead atoms. The Labute approximate surface area is 228 Å². The van der Waals surface area contributed by atoms with Gasteiger partial charge in [0.2, 0.25) is 0 Å². The molecule has 0 spiro atoms. The van der Waals surface area contributed by atoms with Gasteiger partial charge in [0.25, 0.3) is 0 Å². The lowest BCUT2D eigenvalue weighted by Gasteiger charge is -2.48. The van der Waals surface area contributed by atoms with Gasteiger partial charge in [0.05, 0.1) is 11.7 Å². The maximum Gasteiger partial charge on any atom is 0.303 e. The van der Waals surface area contributed by atoms with Crippen molar-refractivity contribution >= 4 is 29.7 Å². The van der Waals surface area contributed by atoms with E-state index >= 15 is 0 Å². The number of carbonyl (C=O) groups is 5. The fourth-order valence-electron chi connectivity index (χ4n) is 5.10. The minimum absolute atomic E-state index is 0.0763. The Bertz CT molecular complexity index is 972. The molecule has 1 saturated heterocycles. The molecular formula is C27H40O12. The zero-order valence-electron chi connectivity index (χ0n) is 23.8. The molecule has 2 aliphatic rings. The minimum atomic E-state index is -1.36. The van der Waals surface area contributed by atoms with E-state index in [-0.39, 0.29) is 31.1 Å². The van der Waals surface area contributed by atoms with Gasteiger partial charge in [0, 0.05) is 46.0 Å². The number of ether oxygens (including phenoxy) is 6. The summed E-state index contributed by atoms with van der Waals surface area (Å²) in [6.07, 6.45) is -3.57. The van der Waals surface area contributed by atoms with Gasteiger partial charge in [-0.25, -0.2) is 0 Å². The zero-order valence-corrected chi connectivity index (χ0v) is 23.8. The third kappa shape index (κ3) is 8.33. The molecule has 0 aromatic rings. The van der Waals surface area contributed by atoms with Crippen molar-refractivity contribution in [3.05, 3.63) is 12.2 Å². The highest BCUT2D eigenvalue weighted by Crippen LogP contribution is 2.46. The number of ketones is 1. The first-order valence-electron chi connectivity index (χ1n) is 12.9. The summed E-state index contributed by atoms with van der Waals surface area (Å²) in [6.45, 7) is 11.3. The van der Waals surface area contributed by atoms with Gasteiger partial charge < -0.3 is 33.5 Å². The summed E-state index contributed by atoms with van der Waals surface area (Å²) < 4.78 is 33.2. The van der Waals surface area contributed by atoms with Crippen LogP contribution in [0.1, 0.15) is 68.2 Å². The highest BCUT2D eigenvalue weighted by Gasteiger charge is 2.53. The predicted molar refractivity (Wildman–Crippen MR) is 134 cm³/mol. The summed E-state index contributed by atoms with van der Waals surface area (Å²) in [5.41, 5.74) is -2.04. The number of hydrogen-bond acceptors (Lipinski definition) is 12. The van der Waals surface area contributed by atoms with E-state index in [0.29, 0.717) is 0 Å². The molecule has 1 saturated carbocycles. The Morgan fingerprint density at radius 1 is 0.974 bits per heavy atom. The van der Waals surface area contributed by atoms with Crippen LogP contribution in [0.3, 0.4) is 0 Å². The lowest BCUT2D eigenvalue weighted by Crippen LogP contribution is -2.63. The molecule has 2 rings (SSSR count). The van der Waals surface area contributed by atoms with Crippen molar-refractivity contribution in [2.24, 2.45) is 11.3 Å². The Balaban J connectivity index is 2.39. The van der Waals surface area contributed by atoms with E-state index in [1.54, 1.807) is 26.0 Å². The molecule has 8 unspecified atom stereocenters. The van der Waals surface area contributed by atoms with Crippen molar-refractivity contribution in [1.82, 2.24) is 0 Å². The van der Waals surface area contributed by atoms with Crippen LogP contribution in [-0.2, 0) is 52.4 Å².